The number of hydrogen-bond donors (Lipinski definition) is 1. The van der Waals surface area contributed by atoms with Gasteiger partial charge in [-0.2, -0.15) is 0 Å². The van der Waals surface area contributed by atoms with E-state index in [-0.39, 0.29) is 11.6 Å². The quantitative estimate of drug-likeness (QED) is 0.857. The molecule has 0 atom stereocenters. The van der Waals surface area contributed by atoms with E-state index >= 15 is 0 Å². The maximum Gasteiger partial charge on any atom is 0.0922 e. The van der Waals surface area contributed by atoms with Gasteiger partial charge in [0.25, 0.3) is 0 Å². The van der Waals surface area contributed by atoms with Crippen LogP contribution in [-0.2, 0) is 6.61 Å². The molecule has 0 spiro atoms. The van der Waals surface area contributed by atoms with Crippen molar-refractivity contribution in [2.75, 3.05) is 0 Å². The molecule has 18 heavy (non-hydrogen) atoms. The summed E-state index contributed by atoms with van der Waals surface area (Å²) in [7, 11) is 0. The van der Waals surface area contributed by atoms with Crippen LogP contribution < -0.4 is 0 Å². The van der Waals surface area contributed by atoms with Crippen LogP contribution in [0.2, 0.25) is 20.1 Å². The molecule has 0 unspecified atom stereocenters. The van der Waals surface area contributed by atoms with Gasteiger partial charge in [0.15, 0.2) is 0 Å². The number of rotatable bonds is 2. The van der Waals surface area contributed by atoms with Gasteiger partial charge in [-0.05, 0) is 12.1 Å². The van der Waals surface area contributed by atoms with Crippen LogP contribution in [0, 0.1) is 0 Å². The number of halogens is 4. The van der Waals surface area contributed by atoms with Crippen LogP contribution in [0.4, 0.5) is 0 Å². The molecule has 0 saturated heterocycles. The molecule has 0 aliphatic rings. The summed E-state index contributed by atoms with van der Waals surface area (Å²) in [6.07, 6.45) is 1.41. The highest BCUT2D eigenvalue weighted by atomic mass is 35.5. The van der Waals surface area contributed by atoms with E-state index in [0.29, 0.717) is 31.9 Å². The molecule has 0 saturated carbocycles. The van der Waals surface area contributed by atoms with E-state index in [1.165, 1.54) is 6.20 Å². The second kappa shape index (κ2) is 5.64. The van der Waals surface area contributed by atoms with Crippen LogP contribution in [0.15, 0.2) is 24.4 Å². The molecule has 1 aromatic heterocycles. The number of benzene rings is 1. The van der Waals surface area contributed by atoms with Gasteiger partial charge < -0.3 is 5.11 Å². The zero-order valence-corrected chi connectivity index (χ0v) is 11.9. The van der Waals surface area contributed by atoms with Gasteiger partial charge in [-0.1, -0.05) is 52.5 Å². The summed E-state index contributed by atoms with van der Waals surface area (Å²) in [5, 5.41) is 10.7. The van der Waals surface area contributed by atoms with Gasteiger partial charge >= 0.3 is 0 Å². The maximum absolute atomic E-state index is 9.25. The van der Waals surface area contributed by atoms with Crippen molar-refractivity contribution in [1.29, 1.82) is 0 Å². The minimum Gasteiger partial charge on any atom is -0.392 e. The van der Waals surface area contributed by atoms with Gasteiger partial charge in [-0.25, -0.2) is 0 Å². The summed E-state index contributed by atoms with van der Waals surface area (Å²) in [6.45, 7) is -0.282. The fraction of sp³-hybridized carbons (Fsp3) is 0.0833. The lowest BCUT2D eigenvalue weighted by atomic mass is 10.1. The highest BCUT2D eigenvalue weighted by Crippen LogP contribution is 2.39. The van der Waals surface area contributed by atoms with E-state index in [1.54, 1.807) is 18.2 Å². The van der Waals surface area contributed by atoms with Crippen LogP contribution in [0.1, 0.15) is 5.56 Å². The molecular weight excluding hydrogens is 316 g/mol. The monoisotopic (exact) mass is 321 g/mol. The van der Waals surface area contributed by atoms with E-state index < -0.39 is 0 Å². The lowest BCUT2D eigenvalue weighted by molar-refractivity contribution is 0.282. The Labute approximate surface area is 124 Å². The van der Waals surface area contributed by atoms with E-state index in [4.69, 9.17) is 46.4 Å². The van der Waals surface area contributed by atoms with Crippen molar-refractivity contribution in [3.8, 4) is 11.3 Å². The third-order valence-corrected chi connectivity index (χ3v) is 3.79. The van der Waals surface area contributed by atoms with Crippen molar-refractivity contribution >= 4 is 46.4 Å². The van der Waals surface area contributed by atoms with Gasteiger partial charge in [0.2, 0.25) is 0 Å². The van der Waals surface area contributed by atoms with Crippen molar-refractivity contribution in [2.45, 2.75) is 6.61 Å². The largest absolute Gasteiger partial charge is 0.392 e. The average molecular weight is 323 g/mol. The van der Waals surface area contributed by atoms with Crippen molar-refractivity contribution in [2.24, 2.45) is 0 Å². The standard InChI is InChI=1S/C12H7Cl4NO/c13-7-2-1-3-8(14)10(7)12-11(16)6(5-18)9(15)4-17-12/h1-4,18H,5H2. The summed E-state index contributed by atoms with van der Waals surface area (Å²) >= 11 is 24.2. The molecule has 2 aromatic rings. The van der Waals surface area contributed by atoms with Gasteiger partial charge in [0, 0.05) is 17.3 Å². The third kappa shape index (κ3) is 2.44. The SMILES string of the molecule is OCc1c(Cl)cnc(-c2c(Cl)cccc2Cl)c1Cl. The fourth-order valence-electron chi connectivity index (χ4n) is 1.55. The Morgan fingerprint density at radius 1 is 1.00 bits per heavy atom. The number of nitrogens with zero attached hydrogens (tertiary/aromatic N) is 1. The lowest BCUT2D eigenvalue weighted by Crippen LogP contribution is -1.94. The van der Waals surface area contributed by atoms with E-state index in [2.05, 4.69) is 4.98 Å². The molecule has 0 aliphatic carbocycles. The number of pyridine rings is 1. The summed E-state index contributed by atoms with van der Waals surface area (Å²) < 4.78 is 0. The van der Waals surface area contributed by atoms with Crippen molar-refractivity contribution < 1.29 is 5.11 Å². The lowest BCUT2D eigenvalue weighted by Gasteiger charge is -2.11. The Balaban J connectivity index is 2.73. The molecule has 0 radical (unpaired) electrons. The Bertz CT molecular complexity index is 581. The number of aliphatic hydroxyl groups excluding tert-OH is 1. The fourth-order valence-corrected chi connectivity index (χ4v) is 2.68. The summed E-state index contributed by atoms with van der Waals surface area (Å²) in [5.74, 6) is 0. The molecule has 0 bridgehead atoms. The van der Waals surface area contributed by atoms with E-state index in [9.17, 15) is 5.11 Å². The van der Waals surface area contributed by atoms with Gasteiger partial charge in [-0.15, -0.1) is 0 Å². The maximum atomic E-state index is 9.25. The zero-order valence-electron chi connectivity index (χ0n) is 8.92. The molecular formula is C12H7Cl4NO. The van der Waals surface area contributed by atoms with Gasteiger partial charge in [0.05, 0.1) is 32.4 Å². The van der Waals surface area contributed by atoms with Crippen molar-refractivity contribution in [1.82, 2.24) is 4.98 Å². The van der Waals surface area contributed by atoms with Gasteiger partial charge in [0.1, 0.15) is 0 Å². The molecule has 1 N–H and O–H groups in total. The predicted octanol–water partition coefficient (Wildman–Crippen LogP) is 4.85. The normalized spacial score (nSPS) is 10.7. The average Bonchev–Trinajstić information content (AvgIpc) is 2.32. The third-order valence-electron chi connectivity index (χ3n) is 2.43. The highest BCUT2D eigenvalue weighted by molar-refractivity contribution is 6.41. The Morgan fingerprint density at radius 3 is 2.17 bits per heavy atom. The van der Waals surface area contributed by atoms with Crippen LogP contribution >= 0.6 is 46.4 Å². The highest BCUT2D eigenvalue weighted by Gasteiger charge is 2.17. The molecule has 94 valence electrons. The first kappa shape index (κ1) is 13.9. The first-order chi connectivity index (χ1) is 8.56. The molecule has 1 heterocycles. The van der Waals surface area contributed by atoms with Crippen molar-refractivity contribution in [3.63, 3.8) is 0 Å². The first-order valence-electron chi connectivity index (χ1n) is 4.94. The summed E-state index contributed by atoms with van der Waals surface area (Å²) in [4.78, 5) is 4.13. The molecule has 0 fully saturated rings. The molecule has 2 rings (SSSR count). The summed E-state index contributed by atoms with van der Waals surface area (Å²) in [5.41, 5.74) is 1.33. The Hall–Kier alpha value is -0.510. The van der Waals surface area contributed by atoms with Crippen LogP contribution in [0.25, 0.3) is 11.3 Å². The van der Waals surface area contributed by atoms with Crippen LogP contribution in [0.3, 0.4) is 0 Å². The molecule has 2 nitrogen and oxygen atoms in total. The van der Waals surface area contributed by atoms with Gasteiger partial charge in [-0.3, -0.25) is 4.98 Å². The Morgan fingerprint density at radius 2 is 1.61 bits per heavy atom. The van der Waals surface area contributed by atoms with Crippen LogP contribution in [0.5, 0.6) is 0 Å². The smallest absolute Gasteiger partial charge is 0.0922 e. The molecule has 1 aromatic carbocycles. The molecule has 0 amide bonds. The van der Waals surface area contributed by atoms with E-state index in [1.807, 2.05) is 0 Å². The number of aromatic nitrogens is 1. The Kier molecular flexibility index (Phi) is 4.36. The number of aliphatic hydroxyl groups is 1. The first-order valence-corrected chi connectivity index (χ1v) is 6.45. The minimum atomic E-state index is -0.282. The molecule has 6 heteroatoms. The van der Waals surface area contributed by atoms with Crippen LogP contribution in [-0.4, -0.2) is 10.1 Å². The molecule has 0 aliphatic heterocycles. The van der Waals surface area contributed by atoms with Crippen molar-refractivity contribution in [3.05, 3.63) is 50.0 Å². The second-order valence-corrected chi connectivity index (χ2v) is 5.10. The minimum absolute atomic E-state index is 0.250. The second-order valence-electron chi connectivity index (χ2n) is 3.50. The predicted molar refractivity (Wildman–Crippen MR) is 75.6 cm³/mol. The zero-order chi connectivity index (χ0) is 13.3. The summed E-state index contributed by atoms with van der Waals surface area (Å²) in [6, 6.07) is 5.10. The van der Waals surface area contributed by atoms with E-state index in [0.717, 1.165) is 0 Å². The number of hydrogen-bond acceptors (Lipinski definition) is 2. The topological polar surface area (TPSA) is 33.1 Å².